The van der Waals surface area contributed by atoms with E-state index in [-0.39, 0.29) is 0 Å². The van der Waals surface area contributed by atoms with Crippen molar-refractivity contribution in [1.29, 1.82) is 0 Å². The Hall–Kier alpha value is -0.0800. The second kappa shape index (κ2) is 2.03. The maximum Gasteiger partial charge on any atom is 0.0182 e. The molecule has 2 atom stereocenters. The summed E-state index contributed by atoms with van der Waals surface area (Å²) in [6.07, 6.45) is 1.16. The van der Waals surface area contributed by atoms with Gasteiger partial charge in [-0.15, -0.1) is 0 Å². The highest BCUT2D eigenvalue weighted by atomic mass is 15.2. The molecule has 1 heterocycles. The second-order valence-corrected chi connectivity index (χ2v) is 2.78. The van der Waals surface area contributed by atoms with Gasteiger partial charge in [-0.2, -0.15) is 0 Å². The summed E-state index contributed by atoms with van der Waals surface area (Å²) in [4.78, 5) is 2.30. The molecule has 2 N–H and O–H groups in total. The summed E-state index contributed by atoms with van der Waals surface area (Å²) in [5.74, 6) is 0. The van der Waals surface area contributed by atoms with Crippen LogP contribution >= 0.6 is 0 Å². The van der Waals surface area contributed by atoms with Crippen molar-refractivity contribution >= 4 is 0 Å². The van der Waals surface area contributed by atoms with Crippen molar-refractivity contribution in [1.82, 2.24) is 4.90 Å². The largest absolute Gasteiger partial charge is 0.326 e. The van der Waals surface area contributed by atoms with Gasteiger partial charge in [-0.25, -0.2) is 0 Å². The van der Waals surface area contributed by atoms with Crippen LogP contribution < -0.4 is 5.73 Å². The first-order valence-corrected chi connectivity index (χ1v) is 3.16. The van der Waals surface area contributed by atoms with Crippen molar-refractivity contribution in [3.05, 3.63) is 0 Å². The Morgan fingerprint density at radius 1 is 1.62 bits per heavy atom. The smallest absolute Gasteiger partial charge is 0.0182 e. The van der Waals surface area contributed by atoms with E-state index in [1.165, 1.54) is 0 Å². The summed E-state index contributed by atoms with van der Waals surface area (Å²) < 4.78 is 0. The maximum atomic E-state index is 5.67. The van der Waals surface area contributed by atoms with Crippen LogP contribution in [-0.2, 0) is 0 Å². The van der Waals surface area contributed by atoms with Crippen molar-refractivity contribution in [2.45, 2.75) is 25.4 Å². The molecule has 0 unspecified atom stereocenters. The van der Waals surface area contributed by atoms with Gasteiger partial charge in [0.15, 0.2) is 0 Å². The number of hydrogen-bond acceptors (Lipinski definition) is 2. The Balaban J connectivity index is 2.39. The molecule has 2 nitrogen and oxygen atoms in total. The van der Waals surface area contributed by atoms with Crippen molar-refractivity contribution in [3.8, 4) is 0 Å². The van der Waals surface area contributed by atoms with Gasteiger partial charge in [0, 0.05) is 18.6 Å². The van der Waals surface area contributed by atoms with E-state index in [0.29, 0.717) is 12.1 Å². The molecule has 0 aromatic heterocycles. The maximum absolute atomic E-state index is 5.67. The molecule has 0 radical (unpaired) electrons. The number of hydrogen-bond donors (Lipinski definition) is 1. The zero-order valence-corrected chi connectivity index (χ0v) is 5.59. The molecule has 0 amide bonds. The highest BCUT2D eigenvalue weighted by Gasteiger charge is 2.22. The SMILES string of the molecule is C[C@@H]1C[C@@H](N)CN1C. The molecule has 1 fully saturated rings. The molecule has 0 saturated carbocycles. The van der Waals surface area contributed by atoms with Gasteiger partial charge >= 0.3 is 0 Å². The van der Waals surface area contributed by atoms with Gasteiger partial charge in [-0.3, -0.25) is 0 Å². The fourth-order valence-electron chi connectivity index (χ4n) is 1.24. The Morgan fingerprint density at radius 3 is 2.38 bits per heavy atom. The summed E-state index contributed by atoms with van der Waals surface area (Å²) in [6.45, 7) is 3.29. The number of nitrogens with zero attached hydrogens (tertiary/aromatic N) is 1. The Labute approximate surface area is 50.7 Å². The number of nitrogens with two attached hydrogens (primary N) is 1. The van der Waals surface area contributed by atoms with E-state index in [2.05, 4.69) is 18.9 Å². The summed E-state index contributed by atoms with van der Waals surface area (Å²) in [5.41, 5.74) is 5.67. The molecule has 0 spiro atoms. The van der Waals surface area contributed by atoms with Gasteiger partial charge < -0.3 is 10.6 Å². The fourth-order valence-corrected chi connectivity index (χ4v) is 1.24. The summed E-state index contributed by atoms with van der Waals surface area (Å²) in [5, 5.41) is 0. The van der Waals surface area contributed by atoms with Crippen LogP contribution in [0.4, 0.5) is 0 Å². The van der Waals surface area contributed by atoms with Crippen LogP contribution in [0.25, 0.3) is 0 Å². The first-order chi connectivity index (χ1) is 3.70. The lowest BCUT2D eigenvalue weighted by molar-refractivity contribution is 0.329. The quantitative estimate of drug-likeness (QED) is 0.481. The van der Waals surface area contributed by atoms with E-state index in [1.54, 1.807) is 0 Å². The van der Waals surface area contributed by atoms with Crippen molar-refractivity contribution in [2.24, 2.45) is 5.73 Å². The van der Waals surface area contributed by atoms with E-state index >= 15 is 0 Å². The average molecular weight is 114 g/mol. The lowest BCUT2D eigenvalue weighted by Crippen LogP contribution is -2.24. The summed E-state index contributed by atoms with van der Waals surface area (Å²) in [7, 11) is 2.12. The van der Waals surface area contributed by atoms with Crippen LogP contribution in [0.3, 0.4) is 0 Å². The van der Waals surface area contributed by atoms with Crippen LogP contribution in [0.2, 0.25) is 0 Å². The average Bonchev–Trinajstić information content (AvgIpc) is 1.85. The van der Waals surface area contributed by atoms with E-state index in [4.69, 9.17) is 5.73 Å². The standard InChI is InChI=1S/C6H14N2/c1-5-3-6(7)4-8(5)2/h5-6H,3-4,7H2,1-2H3/t5-,6-/m1/s1. The molecule has 1 rings (SSSR count). The normalized spacial score (nSPS) is 40.9. The summed E-state index contributed by atoms with van der Waals surface area (Å²) in [6, 6.07) is 1.12. The first-order valence-electron chi connectivity index (χ1n) is 3.16. The minimum Gasteiger partial charge on any atom is -0.326 e. The lowest BCUT2D eigenvalue weighted by atomic mass is 10.2. The Morgan fingerprint density at radius 2 is 2.25 bits per heavy atom. The molecule has 0 aliphatic carbocycles. The third-order valence-corrected chi connectivity index (χ3v) is 1.92. The van der Waals surface area contributed by atoms with Gasteiger partial charge in [0.2, 0.25) is 0 Å². The molecule has 1 aliphatic rings. The predicted molar refractivity (Wildman–Crippen MR) is 34.7 cm³/mol. The van der Waals surface area contributed by atoms with Crippen LogP contribution in [0.15, 0.2) is 0 Å². The highest BCUT2D eigenvalue weighted by Crippen LogP contribution is 2.11. The Kier molecular flexibility index (Phi) is 1.54. The van der Waals surface area contributed by atoms with Gasteiger partial charge in [0.1, 0.15) is 0 Å². The van der Waals surface area contributed by atoms with Crippen LogP contribution in [0.5, 0.6) is 0 Å². The third kappa shape index (κ3) is 1.01. The molecule has 48 valence electrons. The molecule has 1 aliphatic heterocycles. The zero-order chi connectivity index (χ0) is 6.15. The molecular weight excluding hydrogens is 100 g/mol. The van der Waals surface area contributed by atoms with Crippen LogP contribution in [-0.4, -0.2) is 30.6 Å². The molecule has 0 bridgehead atoms. The molecular formula is C6H14N2. The zero-order valence-electron chi connectivity index (χ0n) is 5.59. The molecule has 1 saturated heterocycles. The fraction of sp³-hybridized carbons (Fsp3) is 1.00. The predicted octanol–water partition coefficient (Wildman–Crippen LogP) is 0.0377. The van der Waals surface area contributed by atoms with Crippen molar-refractivity contribution in [2.75, 3.05) is 13.6 Å². The first kappa shape index (κ1) is 6.05. The molecule has 2 heteroatoms. The number of rotatable bonds is 0. The minimum absolute atomic E-state index is 0.426. The second-order valence-electron chi connectivity index (χ2n) is 2.78. The number of likely N-dealkylation sites (tertiary alicyclic amines) is 1. The molecule has 8 heavy (non-hydrogen) atoms. The monoisotopic (exact) mass is 114 g/mol. The van der Waals surface area contributed by atoms with Crippen LogP contribution in [0, 0.1) is 0 Å². The van der Waals surface area contributed by atoms with Crippen molar-refractivity contribution in [3.63, 3.8) is 0 Å². The lowest BCUT2D eigenvalue weighted by Gasteiger charge is -2.11. The minimum atomic E-state index is 0.426. The summed E-state index contributed by atoms with van der Waals surface area (Å²) >= 11 is 0. The molecule has 0 aromatic carbocycles. The third-order valence-electron chi connectivity index (χ3n) is 1.92. The van der Waals surface area contributed by atoms with Gasteiger partial charge in [-0.1, -0.05) is 0 Å². The van der Waals surface area contributed by atoms with Crippen LogP contribution in [0.1, 0.15) is 13.3 Å². The topological polar surface area (TPSA) is 29.3 Å². The Bertz CT molecular complexity index is 72.6. The van der Waals surface area contributed by atoms with E-state index in [9.17, 15) is 0 Å². The van der Waals surface area contributed by atoms with Gasteiger partial charge in [0.25, 0.3) is 0 Å². The van der Waals surface area contributed by atoms with Gasteiger partial charge in [-0.05, 0) is 20.4 Å². The number of likely N-dealkylation sites (N-methyl/N-ethyl adjacent to an activating group) is 1. The molecule has 0 aromatic rings. The van der Waals surface area contributed by atoms with E-state index in [1.807, 2.05) is 0 Å². The van der Waals surface area contributed by atoms with E-state index in [0.717, 1.165) is 13.0 Å². The highest BCUT2D eigenvalue weighted by molar-refractivity contribution is 4.81. The van der Waals surface area contributed by atoms with Gasteiger partial charge in [0.05, 0.1) is 0 Å². The van der Waals surface area contributed by atoms with Crippen molar-refractivity contribution < 1.29 is 0 Å². The van der Waals surface area contributed by atoms with E-state index < -0.39 is 0 Å².